The summed E-state index contributed by atoms with van der Waals surface area (Å²) < 4.78 is 0. The van der Waals surface area contributed by atoms with Gasteiger partial charge in [-0.15, -0.1) is 0 Å². The van der Waals surface area contributed by atoms with E-state index >= 15 is 0 Å². The zero-order valence-electron chi connectivity index (χ0n) is 11.9. The van der Waals surface area contributed by atoms with Gasteiger partial charge >= 0.3 is 5.97 Å². The fourth-order valence-electron chi connectivity index (χ4n) is 2.67. The minimum Gasteiger partial charge on any atom is -0.478 e. The lowest BCUT2D eigenvalue weighted by Gasteiger charge is -2.20. The molecule has 0 bridgehead atoms. The minimum atomic E-state index is -1.01. The molecular weight excluding hydrogens is 316 g/mol. The van der Waals surface area contributed by atoms with Crippen molar-refractivity contribution in [3.63, 3.8) is 0 Å². The Hall–Kier alpha value is -2.84. The Morgan fingerprint density at radius 3 is 2.57 bits per heavy atom. The van der Waals surface area contributed by atoms with Crippen molar-refractivity contribution < 1.29 is 14.7 Å². The molecule has 3 rings (SSSR count). The first-order valence-electron chi connectivity index (χ1n) is 6.84. The van der Waals surface area contributed by atoms with Crippen LogP contribution in [0.1, 0.15) is 37.9 Å². The molecule has 1 aliphatic heterocycles. The van der Waals surface area contributed by atoms with Crippen molar-refractivity contribution in [2.45, 2.75) is 12.6 Å². The van der Waals surface area contributed by atoms with Gasteiger partial charge in [-0.2, -0.15) is 5.26 Å². The minimum absolute atomic E-state index is 0.171. The van der Waals surface area contributed by atoms with Crippen LogP contribution in [0.5, 0.6) is 0 Å². The van der Waals surface area contributed by atoms with Gasteiger partial charge in [-0.3, -0.25) is 4.79 Å². The van der Waals surface area contributed by atoms with E-state index in [0.717, 1.165) is 5.56 Å². The number of carboxylic acid groups (broad SMARTS) is 1. The van der Waals surface area contributed by atoms with Gasteiger partial charge in [0.05, 0.1) is 22.2 Å². The molecule has 1 atom stereocenters. The van der Waals surface area contributed by atoms with E-state index in [1.807, 2.05) is 0 Å². The lowest BCUT2D eigenvalue weighted by atomic mass is 10.1. The zero-order valence-corrected chi connectivity index (χ0v) is 12.6. The first-order valence-corrected chi connectivity index (χ1v) is 7.22. The van der Waals surface area contributed by atoms with Crippen molar-refractivity contribution in [1.82, 2.24) is 4.90 Å². The number of rotatable bonds is 3. The highest BCUT2D eigenvalue weighted by atomic mass is 35.5. The second-order valence-electron chi connectivity index (χ2n) is 5.17. The van der Waals surface area contributed by atoms with Gasteiger partial charge in [-0.25, -0.2) is 4.79 Å². The number of carbonyl (C=O) groups is 2. The van der Waals surface area contributed by atoms with E-state index in [1.165, 1.54) is 17.0 Å². The SMILES string of the molecule is N#CC1c2cccc(Cl)c2C(=O)N1Cc1ccc(C(=O)O)cc1. The van der Waals surface area contributed by atoms with Gasteiger partial charge in [-0.05, 0) is 23.8 Å². The van der Waals surface area contributed by atoms with Crippen LogP contribution >= 0.6 is 11.6 Å². The fourth-order valence-corrected chi connectivity index (χ4v) is 2.94. The molecule has 0 aromatic heterocycles. The molecular formula is C17H11ClN2O3. The maximum absolute atomic E-state index is 12.6. The highest BCUT2D eigenvalue weighted by molar-refractivity contribution is 6.34. The smallest absolute Gasteiger partial charge is 0.335 e. The second-order valence-corrected chi connectivity index (χ2v) is 5.58. The first-order chi connectivity index (χ1) is 11.0. The number of carboxylic acids is 1. The summed E-state index contributed by atoms with van der Waals surface area (Å²) >= 11 is 6.09. The number of hydrogen-bond donors (Lipinski definition) is 1. The third-order valence-electron chi connectivity index (χ3n) is 3.80. The van der Waals surface area contributed by atoms with Crippen molar-refractivity contribution in [2.75, 3.05) is 0 Å². The Morgan fingerprint density at radius 2 is 1.96 bits per heavy atom. The van der Waals surface area contributed by atoms with Crippen molar-refractivity contribution in [3.8, 4) is 6.07 Å². The topological polar surface area (TPSA) is 81.4 Å². The van der Waals surface area contributed by atoms with Crippen LogP contribution in [-0.4, -0.2) is 21.9 Å². The summed E-state index contributed by atoms with van der Waals surface area (Å²) in [4.78, 5) is 24.9. The van der Waals surface area contributed by atoms with Gasteiger partial charge in [0, 0.05) is 12.1 Å². The third-order valence-corrected chi connectivity index (χ3v) is 4.12. The van der Waals surface area contributed by atoms with Crippen molar-refractivity contribution in [2.24, 2.45) is 0 Å². The van der Waals surface area contributed by atoms with E-state index in [0.29, 0.717) is 16.1 Å². The molecule has 5 nitrogen and oxygen atoms in total. The van der Waals surface area contributed by atoms with Crippen LogP contribution in [0, 0.1) is 11.3 Å². The first kappa shape index (κ1) is 15.1. The molecule has 1 heterocycles. The molecule has 0 aliphatic carbocycles. The number of halogens is 1. The molecule has 0 fully saturated rings. The van der Waals surface area contributed by atoms with Crippen LogP contribution in [0.25, 0.3) is 0 Å². The number of hydrogen-bond acceptors (Lipinski definition) is 3. The molecule has 0 saturated carbocycles. The van der Waals surface area contributed by atoms with Crippen molar-refractivity contribution >= 4 is 23.5 Å². The summed E-state index contributed by atoms with van der Waals surface area (Å²) in [5.41, 5.74) is 1.88. The van der Waals surface area contributed by atoms with Crippen LogP contribution in [0.3, 0.4) is 0 Å². The summed E-state index contributed by atoms with van der Waals surface area (Å²) in [5, 5.41) is 18.7. The highest BCUT2D eigenvalue weighted by Gasteiger charge is 2.38. The summed E-state index contributed by atoms with van der Waals surface area (Å²) in [6.07, 6.45) is 0. The Balaban J connectivity index is 1.92. The van der Waals surface area contributed by atoms with Gasteiger partial charge in [0.2, 0.25) is 0 Å². The van der Waals surface area contributed by atoms with Gasteiger partial charge in [0.15, 0.2) is 0 Å². The molecule has 0 saturated heterocycles. The number of fused-ring (bicyclic) bond motifs is 1. The molecule has 2 aromatic rings. The predicted molar refractivity (Wildman–Crippen MR) is 83.1 cm³/mol. The largest absolute Gasteiger partial charge is 0.478 e. The zero-order chi connectivity index (χ0) is 16.6. The van der Waals surface area contributed by atoms with E-state index < -0.39 is 12.0 Å². The molecule has 1 amide bonds. The number of benzene rings is 2. The van der Waals surface area contributed by atoms with Crippen LogP contribution in [0.2, 0.25) is 5.02 Å². The molecule has 1 aliphatic rings. The van der Waals surface area contributed by atoms with Gasteiger partial charge in [0.1, 0.15) is 6.04 Å². The maximum Gasteiger partial charge on any atom is 0.335 e. The van der Waals surface area contributed by atoms with E-state index in [4.69, 9.17) is 16.7 Å². The Morgan fingerprint density at radius 1 is 1.26 bits per heavy atom. The van der Waals surface area contributed by atoms with E-state index in [9.17, 15) is 14.9 Å². The van der Waals surface area contributed by atoms with Crippen molar-refractivity contribution in [3.05, 3.63) is 69.7 Å². The number of amides is 1. The van der Waals surface area contributed by atoms with Crippen LogP contribution < -0.4 is 0 Å². The molecule has 0 radical (unpaired) electrons. The second kappa shape index (κ2) is 5.75. The quantitative estimate of drug-likeness (QED) is 0.938. The molecule has 1 N–H and O–H groups in total. The molecule has 2 aromatic carbocycles. The fraction of sp³-hybridized carbons (Fsp3) is 0.118. The molecule has 1 unspecified atom stereocenters. The van der Waals surface area contributed by atoms with Crippen LogP contribution in [0.15, 0.2) is 42.5 Å². The standard InChI is InChI=1S/C17H11ClN2O3/c18-13-3-1-2-12-14(8-19)20(16(21)15(12)13)9-10-4-6-11(7-5-10)17(22)23/h1-7,14H,9H2,(H,22,23). The number of aromatic carboxylic acids is 1. The normalized spacial score (nSPS) is 16.1. The van der Waals surface area contributed by atoms with Gasteiger partial charge in [-0.1, -0.05) is 35.9 Å². The monoisotopic (exact) mass is 326 g/mol. The highest BCUT2D eigenvalue weighted by Crippen LogP contribution is 2.37. The predicted octanol–water partition coefficient (Wildman–Crippen LogP) is 3.26. The average molecular weight is 327 g/mol. The van der Waals surface area contributed by atoms with Crippen LogP contribution in [-0.2, 0) is 6.54 Å². The third kappa shape index (κ3) is 2.54. The summed E-state index contributed by atoms with van der Waals surface area (Å²) in [6.45, 7) is 0.210. The molecule has 0 spiro atoms. The Bertz CT molecular complexity index is 840. The molecule has 23 heavy (non-hydrogen) atoms. The number of nitrogens with zero attached hydrogens (tertiary/aromatic N) is 2. The lowest BCUT2D eigenvalue weighted by Crippen LogP contribution is -2.26. The average Bonchev–Trinajstić information content (AvgIpc) is 2.81. The van der Waals surface area contributed by atoms with E-state index in [-0.39, 0.29) is 18.0 Å². The summed E-state index contributed by atoms with van der Waals surface area (Å²) in [5.74, 6) is -1.30. The Kier molecular flexibility index (Phi) is 3.77. The summed E-state index contributed by atoms with van der Waals surface area (Å²) in [6, 6.07) is 12.7. The summed E-state index contributed by atoms with van der Waals surface area (Å²) in [7, 11) is 0. The van der Waals surface area contributed by atoms with Crippen molar-refractivity contribution in [1.29, 1.82) is 5.26 Å². The maximum atomic E-state index is 12.6. The van der Waals surface area contributed by atoms with Gasteiger partial charge in [0.25, 0.3) is 5.91 Å². The lowest BCUT2D eigenvalue weighted by molar-refractivity contribution is 0.0694. The number of nitriles is 1. The van der Waals surface area contributed by atoms with Gasteiger partial charge < -0.3 is 10.0 Å². The Labute approximate surface area is 137 Å². The molecule has 114 valence electrons. The van der Waals surface area contributed by atoms with E-state index in [2.05, 4.69) is 6.07 Å². The van der Waals surface area contributed by atoms with E-state index in [1.54, 1.807) is 30.3 Å². The van der Waals surface area contributed by atoms with Crippen LogP contribution in [0.4, 0.5) is 0 Å². The number of carbonyl (C=O) groups excluding carboxylic acids is 1. The molecule has 6 heteroatoms.